The Morgan fingerprint density at radius 2 is 2.00 bits per heavy atom. The van der Waals surface area contributed by atoms with Crippen LogP contribution in [0.3, 0.4) is 0 Å². The van der Waals surface area contributed by atoms with Crippen LogP contribution in [0.15, 0.2) is 30.3 Å². The Morgan fingerprint density at radius 1 is 1.17 bits per heavy atom. The standard InChI is InChI=1S/C17H25N/c1-2-16(11-13-6-4-3-5-7-13)18-17-12-14-8-9-15(17)10-14/h3-7,14-18H,2,8-12H2,1H3. The van der Waals surface area contributed by atoms with Crippen LogP contribution in [0.25, 0.3) is 0 Å². The molecule has 0 heterocycles. The minimum atomic E-state index is 0.664. The summed E-state index contributed by atoms with van der Waals surface area (Å²) in [7, 11) is 0. The van der Waals surface area contributed by atoms with Crippen molar-refractivity contribution in [3.05, 3.63) is 35.9 Å². The van der Waals surface area contributed by atoms with Crippen molar-refractivity contribution in [2.75, 3.05) is 0 Å². The van der Waals surface area contributed by atoms with E-state index in [4.69, 9.17) is 0 Å². The molecular weight excluding hydrogens is 218 g/mol. The molecule has 4 atom stereocenters. The van der Waals surface area contributed by atoms with Crippen LogP contribution < -0.4 is 5.32 Å². The van der Waals surface area contributed by atoms with E-state index in [2.05, 4.69) is 42.6 Å². The summed E-state index contributed by atoms with van der Waals surface area (Å²) >= 11 is 0. The van der Waals surface area contributed by atoms with Crippen LogP contribution in [0.5, 0.6) is 0 Å². The van der Waals surface area contributed by atoms with Crippen LogP contribution >= 0.6 is 0 Å². The first-order valence-electron chi connectivity index (χ1n) is 7.65. The Labute approximate surface area is 111 Å². The van der Waals surface area contributed by atoms with Gasteiger partial charge in [0.25, 0.3) is 0 Å². The summed E-state index contributed by atoms with van der Waals surface area (Å²) in [5.74, 6) is 2.03. The zero-order valence-corrected chi connectivity index (χ0v) is 11.4. The van der Waals surface area contributed by atoms with Gasteiger partial charge in [-0.1, -0.05) is 43.7 Å². The molecule has 2 aliphatic rings. The molecule has 1 heteroatoms. The van der Waals surface area contributed by atoms with Crippen LogP contribution in [-0.2, 0) is 6.42 Å². The first-order chi connectivity index (χ1) is 8.85. The third kappa shape index (κ3) is 2.61. The monoisotopic (exact) mass is 243 g/mol. The Hall–Kier alpha value is -0.820. The highest BCUT2D eigenvalue weighted by Gasteiger charge is 2.39. The van der Waals surface area contributed by atoms with E-state index in [1.165, 1.54) is 44.1 Å². The minimum Gasteiger partial charge on any atom is -0.311 e. The lowest BCUT2D eigenvalue weighted by molar-refractivity contribution is 0.312. The summed E-state index contributed by atoms with van der Waals surface area (Å²) < 4.78 is 0. The lowest BCUT2D eigenvalue weighted by Gasteiger charge is -2.28. The molecule has 1 aromatic rings. The van der Waals surface area contributed by atoms with E-state index in [0.717, 1.165) is 17.9 Å². The first kappa shape index (κ1) is 12.2. The Balaban J connectivity index is 1.56. The average Bonchev–Trinajstić information content (AvgIpc) is 3.01. The van der Waals surface area contributed by atoms with Crippen molar-refractivity contribution in [2.24, 2.45) is 11.8 Å². The third-order valence-corrected chi connectivity index (χ3v) is 5.01. The fourth-order valence-electron chi connectivity index (χ4n) is 3.97. The maximum absolute atomic E-state index is 3.95. The van der Waals surface area contributed by atoms with Gasteiger partial charge in [0, 0.05) is 12.1 Å². The second-order valence-electron chi connectivity index (χ2n) is 6.24. The number of hydrogen-bond donors (Lipinski definition) is 1. The summed E-state index contributed by atoms with van der Waals surface area (Å²) in [5, 5.41) is 3.95. The van der Waals surface area contributed by atoms with E-state index >= 15 is 0 Å². The second-order valence-corrected chi connectivity index (χ2v) is 6.24. The molecule has 0 amide bonds. The van der Waals surface area contributed by atoms with Crippen molar-refractivity contribution in [1.82, 2.24) is 5.32 Å². The summed E-state index contributed by atoms with van der Waals surface area (Å²) in [6.07, 6.45) is 8.34. The zero-order chi connectivity index (χ0) is 12.4. The van der Waals surface area contributed by atoms with E-state index in [0.29, 0.717) is 6.04 Å². The molecule has 0 spiro atoms. The molecule has 1 aromatic carbocycles. The lowest BCUT2D eigenvalue weighted by atomic mass is 9.93. The molecule has 2 saturated carbocycles. The van der Waals surface area contributed by atoms with Crippen molar-refractivity contribution in [2.45, 2.75) is 57.5 Å². The van der Waals surface area contributed by atoms with Gasteiger partial charge in [0.15, 0.2) is 0 Å². The molecule has 18 heavy (non-hydrogen) atoms. The molecule has 0 aliphatic heterocycles. The number of rotatable bonds is 5. The normalized spacial score (nSPS) is 31.7. The molecule has 2 bridgehead atoms. The van der Waals surface area contributed by atoms with Gasteiger partial charge < -0.3 is 5.32 Å². The largest absolute Gasteiger partial charge is 0.311 e. The Kier molecular flexibility index (Phi) is 3.69. The van der Waals surface area contributed by atoms with Crippen LogP contribution in [0.4, 0.5) is 0 Å². The molecule has 98 valence electrons. The third-order valence-electron chi connectivity index (χ3n) is 5.01. The van der Waals surface area contributed by atoms with Gasteiger partial charge in [0.05, 0.1) is 0 Å². The van der Waals surface area contributed by atoms with Crippen molar-refractivity contribution in [1.29, 1.82) is 0 Å². The molecule has 0 saturated heterocycles. The van der Waals surface area contributed by atoms with Crippen LogP contribution in [0.2, 0.25) is 0 Å². The predicted molar refractivity (Wildman–Crippen MR) is 76.6 cm³/mol. The maximum atomic E-state index is 3.95. The van der Waals surface area contributed by atoms with Crippen molar-refractivity contribution >= 4 is 0 Å². The molecule has 1 N–H and O–H groups in total. The fourth-order valence-corrected chi connectivity index (χ4v) is 3.97. The minimum absolute atomic E-state index is 0.664. The number of fused-ring (bicyclic) bond motifs is 2. The molecule has 4 unspecified atom stereocenters. The highest BCUT2D eigenvalue weighted by molar-refractivity contribution is 5.16. The van der Waals surface area contributed by atoms with E-state index in [-0.39, 0.29) is 0 Å². The lowest BCUT2D eigenvalue weighted by Crippen LogP contribution is -2.42. The van der Waals surface area contributed by atoms with Gasteiger partial charge in [0.2, 0.25) is 0 Å². The Morgan fingerprint density at radius 3 is 2.61 bits per heavy atom. The number of nitrogens with one attached hydrogen (secondary N) is 1. The smallest absolute Gasteiger partial charge is 0.0108 e. The van der Waals surface area contributed by atoms with E-state index < -0.39 is 0 Å². The van der Waals surface area contributed by atoms with E-state index in [1.807, 2.05) is 0 Å². The first-order valence-corrected chi connectivity index (χ1v) is 7.65. The van der Waals surface area contributed by atoms with Crippen molar-refractivity contribution in [3.8, 4) is 0 Å². The number of benzene rings is 1. The quantitative estimate of drug-likeness (QED) is 0.829. The van der Waals surface area contributed by atoms with Gasteiger partial charge in [-0.15, -0.1) is 0 Å². The van der Waals surface area contributed by atoms with Gasteiger partial charge in [-0.05, 0) is 49.5 Å². The topological polar surface area (TPSA) is 12.0 Å². The Bertz CT molecular complexity index is 372. The predicted octanol–water partition coefficient (Wildman–Crippen LogP) is 3.79. The van der Waals surface area contributed by atoms with E-state index in [9.17, 15) is 0 Å². The van der Waals surface area contributed by atoms with Crippen molar-refractivity contribution in [3.63, 3.8) is 0 Å². The SMILES string of the molecule is CCC(Cc1ccccc1)NC1CC2CCC1C2. The van der Waals surface area contributed by atoms with Gasteiger partial charge in [-0.3, -0.25) is 0 Å². The molecule has 3 rings (SSSR count). The second kappa shape index (κ2) is 5.44. The van der Waals surface area contributed by atoms with Gasteiger partial charge in [0.1, 0.15) is 0 Å². The molecule has 1 nitrogen and oxygen atoms in total. The van der Waals surface area contributed by atoms with Crippen molar-refractivity contribution < 1.29 is 0 Å². The summed E-state index contributed by atoms with van der Waals surface area (Å²) in [6, 6.07) is 12.4. The molecule has 0 aromatic heterocycles. The van der Waals surface area contributed by atoms with Gasteiger partial charge in [-0.25, -0.2) is 0 Å². The summed E-state index contributed by atoms with van der Waals surface area (Å²) in [5.41, 5.74) is 1.47. The summed E-state index contributed by atoms with van der Waals surface area (Å²) in [4.78, 5) is 0. The fraction of sp³-hybridized carbons (Fsp3) is 0.647. The average molecular weight is 243 g/mol. The maximum Gasteiger partial charge on any atom is 0.0108 e. The molecule has 2 aliphatic carbocycles. The summed E-state index contributed by atoms with van der Waals surface area (Å²) in [6.45, 7) is 2.31. The highest BCUT2D eigenvalue weighted by atomic mass is 15.0. The van der Waals surface area contributed by atoms with Gasteiger partial charge >= 0.3 is 0 Å². The van der Waals surface area contributed by atoms with Crippen LogP contribution in [-0.4, -0.2) is 12.1 Å². The molecule has 0 radical (unpaired) electrons. The van der Waals surface area contributed by atoms with E-state index in [1.54, 1.807) is 0 Å². The molecular formula is C17H25N. The zero-order valence-electron chi connectivity index (χ0n) is 11.4. The molecule has 2 fully saturated rings. The van der Waals surface area contributed by atoms with Gasteiger partial charge in [-0.2, -0.15) is 0 Å². The number of hydrogen-bond acceptors (Lipinski definition) is 1. The van der Waals surface area contributed by atoms with Crippen LogP contribution in [0.1, 0.15) is 44.6 Å². The van der Waals surface area contributed by atoms with Crippen LogP contribution in [0, 0.1) is 11.8 Å². The highest BCUT2D eigenvalue weighted by Crippen LogP contribution is 2.44.